The maximum atomic E-state index is 5.50. The van der Waals surface area contributed by atoms with E-state index in [0.29, 0.717) is 5.95 Å². The van der Waals surface area contributed by atoms with E-state index < -0.39 is 0 Å². The van der Waals surface area contributed by atoms with Crippen LogP contribution < -0.4 is 15.4 Å². The summed E-state index contributed by atoms with van der Waals surface area (Å²) in [5.41, 5.74) is 6.65. The van der Waals surface area contributed by atoms with E-state index in [0.717, 1.165) is 23.0 Å². The number of nitrogens with zero attached hydrogens (tertiary/aromatic N) is 3. The fourth-order valence-corrected chi connectivity index (χ4v) is 2.05. The molecule has 2 N–H and O–H groups in total. The molecule has 0 aliphatic rings. The van der Waals surface area contributed by atoms with Gasteiger partial charge < -0.3 is 15.4 Å². The summed E-state index contributed by atoms with van der Waals surface area (Å²) in [5.74, 6) is 1.18. The molecule has 6 heteroatoms. The molecule has 0 atom stereocenters. The maximum Gasteiger partial charge on any atom is 0.233 e. The third kappa shape index (κ3) is 2.85. The van der Waals surface area contributed by atoms with Crippen molar-refractivity contribution in [1.82, 2.24) is 9.36 Å². The number of rotatable bonds is 4. The molecule has 2 rings (SSSR count). The average molecular weight is 250 g/mol. The lowest BCUT2D eigenvalue weighted by Crippen LogP contribution is -2.16. The number of benzene rings is 1. The molecule has 90 valence electrons. The van der Waals surface area contributed by atoms with Crippen molar-refractivity contribution < 1.29 is 4.74 Å². The highest BCUT2D eigenvalue weighted by Gasteiger charge is 2.07. The summed E-state index contributed by atoms with van der Waals surface area (Å²) in [6, 6.07) is 7.94. The van der Waals surface area contributed by atoms with Crippen molar-refractivity contribution in [2.75, 3.05) is 24.8 Å². The third-order valence-electron chi connectivity index (χ3n) is 2.31. The zero-order chi connectivity index (χ0) is 12.3. The quantitative estimate of drug-likeness (QED) is 0.895. The molecule has 0 saturated heterocycles. The molecule has 0 bridgehead atoms. The van der Waals surface area contributed by atoms with Crippen molar-refractivity contribution >= 4 is 22.6 Å². The number of aromatic nitrogens is 2. The van der Waals surface area contributed by atoms with Gasteiger partial charge in [-0.25, -0.2) is 0 Å². The van der Waals surface area contributed by atoms with Gasteiger partial charge in [0.2, 0.25) is 11.1 Å². The van der Waals surface area contributed by atoms with Crippen LogP contribution in [0.5, 0.6) is 5.75 Å². The Kier molecular flexibility index (Phi) is 3.43. The fraction of sp³-hybridized carbons (Fsp3) is 0.273. The number of ether oxygens (including phenoxy) is 1. The Labute approximate surface area is 104 Å². The van der Waals surface area contributed by atoms with Crippen LogP contribution in [0.15, 0.2) is 24.3 Å². The average Bonchev–Trinajstić information content (AvgIpc) is 2.76. The van der Waals surface area contributed by atoms with Gasteiger partial charge in [0.15, 0.2) is 0 Å². The van der Waals surface area contributed by atoms with Gasteiger partial charge in [-0.3, -0.25) is 0 Å². The van der Waals surface area contributed by atoms with Crippen LogP contribution in [0.3, 0.4) is 0 Å². The van der Waals surface area contributed by atoms with Gasteiger partial charge >= 0.3 is 0 Å². The van der Waals surface area contributed by atoms with E-state index in [1.807, 2.05) is 36.2 Å². The molecular weight excluding hydrogens is 236 g/mol. The molecule has 2 aromatic rings. The van der Waals surface area contributed by atoms with Crippen LogP contribution in [0, 0.1) is 0 Å². The number of methoxy groups -OCH3 is 1. The van der Waals surface area contributed by atoms with E-state index >= 15 is 0 Å². The summed E-state index contributed by atoms with van der Waals surface area (Å²) in [7, 11) is 3.62. The lowest BCUT2D eigenvalue weighted by atomic mass is 10.2. The van der Waals surface area contributed by atoms with E-state index in [-0.39, 0.29) is 0 Å². The monoisotopic (exact) mass is 250 g/mol. The SMILES string of the molecule is COc1cccc(CN(C)c2nc(N)ns2)c1. The summed E-state index contributed by atoms with van der Waals surface area (Å²) in [4.78, 5) is 6.13. The molecule has 0 radical (unpaired) electrons. The molecule has 17 heavy (non-hydrogen) atoms. The van der Waals surface area contributed by atoms with Crippen molar-refractivity contribution in [3.05, 3.63) is 29.8 Å². The standard InChI is InChI=1S/C11H14N4OS/c1-15(11-13-10(12)14-17-11)7-8-4-3-5-9(6-8)16-2/h3-6H,7H2,1-2H3,(H2,12,14). The second kappa shape index (κ2) is 5.01. The summed E-state index contributed by atoms with van der Waals surface area (Å²) in [6.45, 7) is 0.742. The summed E-state index contributed by atoms with van der Waals surface area (Å²) in [6.07, 6.45) is 0. The molecule has 0 unspecified atom stereocenters. The largest absolute Gasteiger partial charge is 0.497 e. The summed E-state index contributed by atoms with van der Waals surface area (Å²) in [5, 5.41) is 0.810. The van der Waals surface area contributed by atoms with Gasteiger partial charge in [0.25, 0.3) is 0 Å². The topological polar surface area (TPSA) is 64.3 Å². The highest BCUT2D eigenvalue weighted by atomic mass is 32.1. The molecule has 1 aromatic carbocycles. The molecule has 0 aliphatic carbocycles. The normalized spacial score (nSPS) is 10.2. The molecule has 0 saturated carbocycles. The lowest BCUT2D eigenvalue weighted by Gasteiger charge is -2.15. The number of hydrogen-bond donors (Lipinski definition) is 1. The zero-order valence-corrected chi connectivity index (χ0v) is 10.6. The Morgan fingerprint density at radius 1 is 1.47 bits per heavy atom. The van der Waals surface area contributed by atoms with E-state index in [2.05, 4.69) is 9.36 Å². The predicted molar refractivity (Wildman–Crippen MR) is 69.4 cm³/mol. The smallest absolute Gasteiger partial charge is 0.233 e. The molecule has 0 amide bonds. The lowest BCUT2D eigenvalue weighted by molar-refractivity contribution is 0.414. The predicted octanol–water partition coefficient (Wildman–Crippen LogP) is 1.77. The van der Waals surface area contributed by atoms with Crippen molar-refractivity contribution in [2.45, 2.75) is 6.54 Å². The van der Waals surface area contributed by atoms with Gasteiger partial charge in [-0.1, -0.05) is 12.1 Å². The second-order valence-electron chi connectivity index (χ2n) is 3.64. The number of anilines is 2. The highest BCUT2D eigenvalue weighted by molar-refractivity contribution is 7.09. The Morgan fingerprint density at radius 3 is 2.94 bits per heavy atom. The number of nitrogen functional groups attached to an aromatic ring is 1. The van der Waals surface area contributed by atoms with Gasteiger partial charge in [-0.2, -0.15) is 9.36 Å². The number of hydrogen-bond acceptors (Lipinski definition) is 6. The Balaban J connectivity index is 2.09. The van der Waals surface area contributed by atoms with Gasteiger partial charge in [0.05, 0.1) is 7.11 Å². The Bertz CT molecular complexity index is 500. The van der Waals surface area contributed by atoms with Crippen molar-refractivity contribution in [3.63, 3.8) is 0 Å². The first-order valence-corrected chi connectivity index (χ1v) is 5.89. The molecule has 0 fully saturated rings. The zero-order valence-electron chi connectivity index (χ0n) is 9.75. The highest BCUT2D eigenvalue weighted by Crippen LogP contribution is 2.20. The van der Waals surface area contributed by atoms with Crippen LogP contribution in [-0.4, -0.2) is 23.5 Å². The maximum absolute atomic E-state index is 5.50. The molecule has 5 nitrogen and oxygen atoms in total. The minimum absolute atomic E-state index is 0.322. The van der Waals surface area contributed by atoms with Gasteiger partial charge in [0.1, 0.15) is 5.75 Å². The molecule has 0 aliphatic heterocycles. The van der Waals surface area contributed by atoms with Crippen LogP contribution in [0.1, 0.15) is 5.56 Å². The van der Waals surface area contributed by atoms with E-state index in [4.69, 9.17) is 10.5 Å². The summed E-state index contributed by atoms with van der Waals surface area (Å²) < 4.78 is 9.14. The van der Waals surface area contributed by atoms with Crippen LogP contribution in [0.2, 0.25) is 0 Å². The van der Waals surface area contributed by atoms with Gasteiger partial charge in [-0.15, -0.1) is 0 Å². The van der Waals surface area contributed by atoms with Crippen molar-refractivity contribution in [3.8, 4) is 5.75 Å². The fourth-order valence-electron chi connectivity index (χ4n) is 1.49. The van der Waals surface area contributed by atoms with E-state index in [9.17, 15) is 0 Å². The molecule has 0 spiro atoms. The van der Waals surface area contributed by atoms with E-state index in [1.54, 1.807) is 7.11 Å². The minimum Gasteiger partial charge on any atom is -0.497 e. The Hall–Kier alpha value is -1.82. The number of nitrogens with two attached hydrogens (primary N) is 1. The first kappa shape index (κ1) is 11.7. The van der Waals surface area contributed by atoms with Crippen LogP contribution in [0.25, 0.3) is 0 Å². The third-order valence-corrected chi connectivity index (χ3v) is 3.16. The van der Waals surface area contributed by atoms with Gasteiger partial charge in [0, 0.05) is 25.1 Å². The van der Waals surface area contributed by atoms with Crippen molar-refractivity contribution in [2.24, 2.45) is 0 Å². The van der Waals surface area contributed by atoms with Gasteiger partial charge in [-0.05, 0) is 17.7 Å². The van der Waals surface area contributed by atoms with Crippen LogP contribution in [-0.2, 0) is 6.54 Å². The van der Waals surface area contributed by atoms with Crippen LogP contribution >= 0.6 is 11.5 Å². The first-order chi connectivity index (χ1) is 8.19. The van der Waals surface area contributed by atoms with Crippen LogP contribution in [0.4, 0.5) is 11.1 Å². The minimum atomic E-state index is 0.322. The Morgan fingerprint density at radius 2 is 2.29 bits per heavy atom. The molecular formula is C11H14N4OS. The first-order valence-electron chi connectivity index (χ1n) is 5.12. The van der Waals surface area contributed by atoms with Crippen molar-refractivity contribution in [1.29, 1.82) is 0 Å². The van der Waals surface area contributed by atoms with E-state index in [1.165, 1.54) is 11.5 Å². The molecule has 1 aromatic heterocycles. The molecule has 1 heterocycles. The second-order valence-corrected chi connectivity index (χ2v) is 4.37. The summed E-state index contributed by atoms with van der Waals surface area (Å²) >= 11 is 1.30.